The molecule has 1 N–H and O–H groups in total. The topological polar surface area (TPSA) is 118 Å². The monoisotopic (exact) mass is 950 g/mol. The molecule has 2 heterocycles. The van der Waals surface area contributed by atoms with Crippen LogP contribution >= 0.6 is 0 Å². The van der Waals surface area contributed by atoms with Crippen LogP contribution in [0.25, 0.3) is 44.3 Å². The van der Waals surface area contributed by atoms with Crippen molar-refractivity contribution >= 4 is 39.7 Å². The maximum absolute atomic E-state index is 12.6. The lowest BCUT2D eigenvalue weighted by Crippen LogP contribution is -2.13. The number of ether oxygens (including phenoxy) is 5. The molecule has 0 unspecified atom stereocenters. The van der Waals surface area contributed by atoms with E-state index in [1.807, 2.05) is 108 Å². The molecule has 71 heavy (non-hydrogen) atoms. The highest BCUT2D eigenvalue weighted by Gasteiger charge is 2.29. The van der Waals surface area contributed by atoms with Crippen molar-refractivity contribution in [1.82, 2.24) is 9.55 Å². The van der Waals surface area contributed by atoms with Crippen LogP contribution in [0.15, 0.2) is 146 Å². The highest BCUT2D eigenvalue weighted by molar-refractivity contribution is 6.00. The molecule has 2 saturated carbocycles. The molecule has 0 radical (unpaired) electrons. The molecule has 2 aliphatic rings. The fourth-order valence-corrected chi connectivity index (χ4v) is 10.5. The number of carbonyl (C=O) groups is 3. The molecule has 0 saturated heterocycles. The van der Waals surface area contributed by atoms with E-state index in [4.69, 9.17) is 23.7 Å². The number of carbonyl (C=O) groups excluding carboxylic acids is 3. The lowest BCUT2D eigenvalue weighted by atomic mass is 9.82. The molecular formula is C61H62N2O8. The number of nitrogens with one attached hydrogen (secondary N) is 1. The highest BCUT2D eigenvalue weighted by Crippen LogP contribution is 2.46. The maximum atomic E-state index is 12.6. The summed E-state index contributed by atoms with van der Waals surface area (Å²) in [5.74, 6) is 1.47. The van der Waals surface area contributed by atoms with E-state index in [9.17, 15) is 14.4 Å². The Bertz CT molecular complexity index is 3070. The molecule has 2 aliphatic carbocycles. The number of H-pyrrole nitrogens is 1. The summed E-state index contributed by atoms with van der Waals surface area (Å²) in [6, 6.07) is 48.1. The summed E-state index contributed by atoms with van der Waals surface area (Å²) >= 11 is 0. The number of nitrogens with zero attached hydrogens (tertiary/aromatic N) is 1. The molecule has 0 atom stereocenters. The number of hydrogen-bond acceptors (Lipinski definition) is 8. The Labute approximate surface area is 415 Å². The molecule has 10 nitrogen and oxygen atoms in total. The van der Waals surface area contributed by atoms with Gasteiger partial charge in [-0.15, -0.1) is 0 Å². The summed E-state index contributed by atoms with van der Waals surface area (Å²) in [6.07, 6.45) is 12.1. The van der Waals surface area contributed by atoms with Crippen molar-refractivity contribution in [3.05, 3.63) is 179 Å². The third kappa shape index (κ3) is 11.2. The van der Waals surface area contributed by atoms with Crippen molar-refractivity contribution in [3.8, 4) is 34.0 Å². The van der Waals surface area contributed by atoms with Gasteiger partial charge in [-0.25, -0.2) is 9.59 Å². The number of esters is 3. The molecule has 2 fully saturated rings. The van der Waals surface area contributed by atoms with Gasteiger partial charge in [0, 0.05) is 22.0 Å². The average Bonchev–Trinajstić information content (AvgIpc) is 3.98. The van der Waals surface area contributed by atoms with Gasteiger partial charge >= 0.3 is 17.9 Å². The Morgan fingerprint density at radius 2 is 1.01 bits per heavy atom. The minimum Gasteiger partial charge on any atom is -0.489 e. The van der Waals surface area contributed by atoms with E-state index < -0.39 is 5.97 Å². The zero-order valence-corrected chi connectivity index (χ0v) is 40.9. The number of benzene rings is 6. The first-order valence-corrected chi connectivity index (χ1v) is 24.9. The first-order valence-electron chi connectivity index (χ1n) is 24.9. The van der Waals surface area contributed by atoms with Gasteiger partial charge in [0.15, 0.2) is 0 Å². The minimum absolute atomic E-state index is 0.0476. The van der Waals surface area contributed by atoms with Crippen LogP contribution in [0.3, 0.4) is 0 Å². The van der Waals surface area contributed by atoms with Gasteiger partial charge < -0.3 is 33.2 Å². The van der Waals surface area contributed by atoms with Crippen molar-refractivity contribution in [2.45, 2.75) is 95.8 Å². The van der Waals surface area contributed by atoms with Crippen molar-refractivity contribution in [3.63, 3.8) is 0 Å². The number of rotatable bonds is 14. The predicted octanol–water partition coefficient (Wildman–Crippen LogP) is 14.1. The smallest absolute Gasteiger partial charge is 0.337 e. The second-order valence-electron chi connectivity index (χ2n) is 18.6. The van der Waals surface area contributed by atoms with Gasteiger partial charge in [0.1, 0.15) is 31.3 Å². The van der Waals surface area contributed by atoms with E-state index in [-0.39, 0.29) is 18.5 Å². The summed E-state index contributed by atoms with van der Waals surface area (Å²) in [4.78, 5) is 40.7. The lowest BCUT2D eigenvalue weighted by molar-refractivity contribution is -0.141. The summed E-state index contributed by atoms with van der Waals surface area (Å²) in [5, 5.41) is 2.27. The van der Waals surface area contributed by atoms with E-state index in [1.54, 1.807) is 0 Å². The molecule has 364 valence electrons. The van der Waals surface area contributed by atoms with E-state index >= 15 is 0 Å². The zero-order chi connectivity index (χ0) is 49.1. The number of hydrogen-bond donors (Lipinski definition) is 1. The van der Waals surface area contributed by atoms with Gasteiger partial charge in [-0.1, -0.05) is 111 Å². The number of methoxy groups -OCH3 is 3. The molecule has 8 aromatic rings. The largest absolute Gasteiger partial charge is 0.489 e. The van der Waals surface area contributed by atoms with Gasteiger partial charge in [-0.05, 0) is 144 Å². The lowest BCUT2D eigenvalue weighted by Gasteiger charge is -2.23. The Balaban J connectivity index is 0.000000177. The Kier molecular flexibility index (Phi) is 15.6. The molecule has 6 aromatic carbocycles. The molecule has 10 heteroatoms. The quantitative estimate of drug-likeness (QED) is 0.0846. The second-order valence-corrected chi connectivity index (χ2v) is 18.6. The standard InChI is InChI=1S/C32H33NO5.C29H29NO3/c1-36-29(34)20-33-28-19-25(32(35)37-2)15-18-27(28)30(23-11-7-4-8-12-23)31(33)24-13-16-26(17-14-24)38-21-22-9-5-3-6-10-22;1-32-29(31)23-14-17-25-26(18-23)30-28(27(25)21-10-6-3-7-11-21)22-12-15-24(16-13-22)33-19-20-8-4-2-5-9-20/h3,5-6,9-10,13-19,23H,4,7-8,11-12,20-21H2,1-2H3;2,4-5,8-9,12-18,21,30H,3,6-7,10-11,19H2,1H3. The molecule has 2 aromatic heterocycles. The van der Waals surface area contributed by atoms with Gasteiger partial charge in [-0.2, -0.15) is 0 Å². The van der Waals surface area contributed by atoms with Crippen LogP contribution in [0.5, 0.6) is 11.5 Å². The van der Waals surface area contributed by atoms with E-state index in [2.05, 4.69) is 47.4 Å². The van der Waals surface area contributed by atoms with E-state index in [0.29, 0.717) is 36.2 Å². The Morgan fingerprint density at radius 1 is 0.521 bits per heavy atom. The first kappa shape index (κ1) is 48.4. The third-order valence-corrected chi connectivity index (χ3v) is 14.1. The number of fused-ring (bicyclic) bond motifs is 2. The molecule has 0 bridgehead atoms. The summed E-state index contributed by atoms with van der Waals surface area (Å²) < 4.78 is 29.0. The van der Waals surface area contributed by atoms with E-state index in [0.717, 1.165) is 74.4 Å². The molecule has 10 rings (SSSR count). The van der Waals surface area contributed by atoms with Crippen LogP contribution in [0.2, 0.25) is 0 Å². The van der Waals surface area contributed by atoms with Crippen LogP contribution in [-0.4, -0.2) is 48.8 Å². The summed E-state index contributed by atoms with van der Waals surface area (Å²) in [5.41, 5.74) is 12.0. The van der Waals surface area contributed by atoms with Crippen LogP contribution in [0.1, 0.15) is 119 Å². The first-order chi connectivity index (χ1) is 34.8. The van der Waals surface area contributed by atoms with Crippen molar-refractivity contribution in [2.75, 3.05) is 21.3 Å². The van der Waals surface area contributed by atoms with Gasteiger partial charge in [-0.3, -0.25) is 4.79 Å². The van der Waals surface area contributed by atoms with Crippen LogP contribution in [-0.2, 0) is 38.8 Å². The Hall–Kier alpha value is -7.59. The minimum atomic E-state index is -0.404. The molecule has 0 aliphatic heterocycles. The molecule has 0 spiro atoms. The van der Waals surface area contributed by atoms with Gasteiger partial charge in [0.2, 0.25) is 0 Å². The van der Waals surface area contributed by atoms with Crippen molar-refractivity contribution < 1.29 is 38.1 Å². The molecular weight excluding hydrogens is 889 g/mol. The van der Waals surface area contributed by atoms with Gasteiger partial charge in [0.05, 0.1) is 43.7 Å². The predicted molar refractivity (Wildman–Crippen MR) is 279 cm³/mol. The van der Waals surface area contributed by atoms with Crippen LogP contribution < -0.4 is 9.47 Å². The van der Waals surface area contributed by atoms with Crippen LogP contribution in [0.4, 0.5) is 0 Å². The zero-order valence-electron chi connectivity index (χ0n) is 40.9. The fourth-order valence-electron chi connectivity index (χ4n) is 10.5. The van der Waals surface area contributed by atoms with Gasteiger partial charge in [0.25, 0.3) is 0 Å². The Morgan fingerprint density at radius 3 is 1.54 bits per heavy atom. The second kappa shape index (κ2) is 22.9. The van der Waals surface area contributed by atoms with E-state index in [1.165, 1.54) is 89.2 Å². The van der Waals surface area contributed by atoms with Crippen LogP contribution in [0, 0.1) is 0 Å². The van der Waals surface area contributed by atoms with Crippen molar-refractivity contribution in [2.24, 2.45) is 0 Å². The highest BCUT2D eigenvalue weighted by atomic mass is 16.5. The SMILES string of the molecule is COC(=O)Cn1c(-c2ccc(OCc3ccccc3)cc2)c(C2CCCCC2)c2ccc(C(=O)OC)cc21.COC(=O)c1ccc2c(C3CCCCC3)c(-c3ccc(OCc4ccccc4)cc3)[nH]c2c1. The number of aromatic amines is 1. The van der Waals surface area contributed by atoms with Crippen molar-refractivity contribution in [1.29, 1.82) is 0 Å². The fraction of sp³-hybridized carbons (Fsp3) is 0.295. The third-order valence-electron chi connectivity index (χ3n) is 14.1. The maximum Gasteiger partial charge on any atom is 0.337 e. The molecule has 0 amide bonds. The normalized spacial score (nSPS) is 14.1. The summed E-state index contributed by atoms with van der Waals surface area (Å²) in [7, 11) is 4.19. The summed E-state index contributed by atoms with van der Waals surface area (Å²) in [6.45, 7) is 1.09. The average molecular weight is 951 g/mol. The number of aromatic nitrogens is 2.